The van der Waals surface area contributed by atoms with Crippen LogP contribution in [0.1, 0.15) is 18.9 Å². The van der Waals surface area contributed by atoms with E-state index in [9.17, 15) is 4.79 Å². The molecule has 1 aromatic rings. The van der Waals surface area contributed by atoms with Crippen LogP contribution in [-0.4, -0.2) is 55.0 Å². The Hall–Kier alpha value is -1.39. The lowest BCUT2D eigenvalue weighted by Crippen LogP contribution is -2.51. The van der Waals surface area contributed by atoms with E-state index in [1.165, 1.54) is 5.56 Å². The van der Waals surface area contributed by atoms with Gasteiger partial charge >= 0.3 is 0 Å². The molecular formula is C18H27N3O. The summed E-state index contributed by atoms with van der Waals surface area (Å²) in [5, 5.41) is 3.26. The van der Waals surface area contributed by atoms with E-state index < -0.39 is 0 Å². The molecule has 0 spiro atoms. The smallest absolute Gasteiger partial charge is 0.225 e. The Labute approximate surface area is 133 Å². The first-order valence-electron chi connectivity index (χ1n) is 8.39. The zero-order valence-electron chi connectivity index (χ0n) is 13.7. The van der Waals surface area contributed by atoms with E-state index in [0.717, 1.165) is 39.1 Å². The normalized spacial score (nSPS) is 24.0. The van der Waals surface area contributed by atoms with E-state index in [-0.39, 0.29) is 5.92 Å². The predicted octanol–water partition coefficient (Wildman–Crippen LogP) is 1.57. The lowest BCUT2D eigenvalue weighted by atomic mass is 9.87. The first-order valence-corrected chi connectivity index (χ1v) is 8.39. The van der Waals surface area contributed by atoms with Crippen LogP contribution >= 0.6 is 0 Å². The van der Waals surface area contributed by atoms with Crippen molar-refractivity contribution in [2.45, 2.75) is 25.9 Å². The summed E-state index contributed by atoms with van der Waals surface area (Å²) < 4.78 is 0. The van der Waals surface area contributed by atoms with Gasteiger partial charge in [-0.1, -0.05) is 37.3 Å². The van der Waals surface area contributed by atoms with Gasteiger partial charge < -0.3 is 10.2 Å². The first-order chi connectivity index (χ1) is 10.6. The van der Waals surface area contributed by atoms with E-state index in [2.05, 4.69) is 47.5 Å². The minimum atomic E-state index is 0.148. The average molecular weight is 301 g/mol. The summed E-state index contributed by atoms with van der Waals surface area (Å²) in [5.41, 5.74) is 1.35. The van der Waals surface area contributed by atoms with Crippen LogP contribution in [0.4, 0.5) is 0 Å². The van der Waals surface area contributed by atoms with Gasteiger partial charge in [0.05, 0.1) is 0 Å². The molecule has 0 aromatic heterocycles. The third-order valence-corrected chi connectivity index (χ3v) is 5.30. The van der Waals surface area contributed by atoms with Crippen molar-refractivity contribution in [2.24, 2.45) is 11.8 Å². The number of hydrogen-bond acceptors (Lipinski definition) is 3. The van der Waals surface area contributed by atoms with Gasteiger partial charge in [-0.05, 0) is 31.0 Å². The van der Waals surface area contributed by atoms with Crippen LogP contribution in [0.3, 0.4) is 0 Å². The molecule has 0 saturated carbocycles. The molecule has 1 amide bonds. The number of carbonyl (C=O) groups excluding carboxylic acids is 1. The minimum absolute atomic E-state index is 0.148. The van der Waals surface area contributed by atoms with Crippen LogP contribution in [0.15, 0.2) is 30.3 Å². The number of benzene rings is 1. The number of hydrogen-bond donors (Lipinski definition) is 1. The second-order valence-electron chi connectivity index (χ2n) is 6.82. The molecule has 4 heteroatoms. The Morgan fingerprint density at radius 2 is 2.09 bits per heavy atom. The lowest BCUT2D eigenvalue weighted by Gasteiger charge is -2.35. The third kappa shape index (κ3) is 3.33. The molecule has 2 heterocycles. The van der Waals surface area contributed by atoms with Crippen LogP contribution in [0.2, 0.25) is 0 Å². The quantitative estimate of drug-likeness (QED) is 0.897. The van der Waals surface area contributed by atoms with Gasteiger partial charge in [0, 0.05) is 38.6 Å². The minimum Gasteiger partial charge on any atom is -0.341 e. The molecule has 2 saturated heterocycles. The van der Waals surface area contributed by atoms with E-state index in [1.54, 1.807) is 0 Å². The summed E-state index contributed by atoms with van der Waals surface area (Å²) in [5.74, 6) is 0.990. The van der Waals surface area contributed by atoms with Gasteiger partial charge in [0.1, 0.15) is 0 Å². The second-order valence-corrected chi connectivity index (χ2v) is 6.82. The molecule has 22 heavy (non-hydrogen) atoms. The molecule has 2 unspecified atom stereocenters. The van der Waals surface area contributed by atoms with Crippen LogP contribution in [0, 0.1) is 11.8 Å². The number of nitrogens with one attached hydrogen (secondary N) is 1. The van der Waals surface area contributed by atoms with Crippen molar-refractivity contribution < 1.29 is 4.79 Å². The number of amides is 1. The van der Waals surface area contributed by atoms with Crippen molar-refractivity contribution >= 4 is 5.91 Å². The van der Waals surface area contributed by atoms with Gasteiger partial charge in [-0.15, -0.1) is 0 Å². The summed E-state index contributed by atoms with van der Waals surface area (Å²) in [6.07, 6.45) is 1.09. The zero-order chi connectivity index (χ0) is 15.5. The van der Waals surface area contributed by atoms with Crippen molar-refractivity contribution in [1.82, 2.24) is 15.1 Å². The van der Waals surface area contributed by atoms with Gasteiger partial charge in [-0.2, -0.15) is 0 Å². The first kappa shape index (κ1) is 15.5. The number of carbonyl (C=O) groups is 1. The van der Waals surface area contributed by atoms with E-state index in [1.807, 2.05) is 11.9 Å². The maximum atomic E-state index is 12.6. The third-order valence-electron chi connectivity index (χ3n) is 5.30. The predicted molar refractivity (Wildman–Crippen MR) is 88.4 cm³/mol. The highest BCUT2D eigenvalue weighted by Crippen LogP contribution is 2.22. The molecule has 120 valence electrons. The molecular weight excluding hydrogens is 274 g/mol. The van der Waals surface area contributed by atoms with Crippen molar-refractivity contribution in [3.05, 3.63) is 35.9 Å². The van der Waals surface area contributed by atoms with Crippen molar-refractivity contribution in [3.8, 4) is 0 Å². The Balaban J connectivity index is 1.52. The number of likely N-dealkylation sites (tertiary alicyclic amines) is 1. The Kier molecular flexibility index (Phi) is 4.79. The molecule has 2 aliphatic rings. The maximum absolute atomic E-state index is 12.6. The largest absolute Gasteiger partial charge is 0.341 e. The van der Waals surface area contributed by atoms with E-state index in [4.69, 9.17) is 0 Å². The van der Waals surface area contributed by atoms with E-state index in [0.29, 0.717) is 17.9 Å². The maximum Gasteiger partial charge on any atom is 0.225 e. The molecule has 2 atom stereocenters. The number of likely N-dealkylation sites (N-methyl/N-ethyl adjacent to an activating group) is 1. The highest BCUT2D eigenvalue weighted by Gasteiger charge is 2.34. The summed E-state index contributed by atoms with van der Waals surface area (Å²) in [7, 11) is 1.99. The Morgan fingerprint density at radius 3 is 2.73 bits per heavy atom. The van der Waals surface area contributed by atoms with Gasteiger partial charge in [-0.3, -0.25) is 9.69 Å². The van der Waals surface area contributed by atoms with Crippen molar-refractivity contribution in [2.75, 3.05) is 33.2 Å². The van der Waals surface area contributed by atoms with Crippen molar-refractivity contribution in [1.29, 1.82) is 0 Å². The molecule has 0 bridgehead atoms. The van der Waals surface area contributed by atoms with Crippen LogP contribution in [0.25, 0.3) is 0 Å². The average Bonchev–Trinajstić information content (AvgIpc) is 2.93. The molecule has 1 N–H and O–H groups in total. The Morgan fingerprint density at radius 1 is 1.36 bits per heavy atom. The van der Waals surface area contributed by atoms with Gasteiger partial charge in [0.15, 0.2) is 0 Å². The molecule has 2 aliphatic heterocycles. The summed E-state index contributed by atoms with van der Waals surface area (Å²) in [6, 6.07) is 11.0. The van der Waals surface area contributed by atoms with Gasteiger partial charge in [0.25, 0.3) is 0 Å². The fourth-order valence-corrected chi connectivity index (χ4v) is 3.48. The second kappa shape index (κ2) is 6.80. The van der Waals surface area contributed by atoms with Crippen LogP contribution < -0.4 is 5.32 Å². The lowest BCUT2D eigenvalue weighted by molar-refractivity contribution is -0.138. The van der Waals surface area contributed by atoms with Crippen molar-refractivity contribution in [3.63, 3.8) is 0 Å². The van der Waals surface area contributed by atoms with Crippen LogP contribution in [0.5, 0.6) is 0 Å². The van der Waals surface area contributed by atoms with Gasteiger partial charge in [-0.25, -0.2) is 0 Å². The SMILES string of the molecule is CC(C(=O)N(C)C1CCN(Cc2ccccc2)C1)C1CNC1. The van der Waals surface area contributed by atoms with Crippen LogP contribution in [-0.2, 0) is 11.3 Å². The molecule has 1 aromatic carbocycles. The number of nitrogens with zero attached hydrogens (tertiary/aromatic N) is 2. The summed E-state index contributed by atoms with van der Waals surface area (Å²) >= 11 is 0. The molecule has 4 nitrogen and oxygen atoms in total. The Bertz CT molecular complexity index is 500. The highest BCUT2D eigenvalue weighted by molar-refractivity contribution is 5.79. The molecule has 0 aliphatic carbocycles. The van der Waals surface area contributed by atoms with Gasteiger partial charge in [0.2, 0.25) is 5.91 Å². The molecule has 2 fully saturated rings. The topological polar surface area (TPSA) is 35.6 Å². The van der Waals surface area contributed by atoms with E-state index >= 15 is 0 Å². The standard InChI is InChI=1S/C18H27N3O/c1-14(16-10-19-11-16)18(22)20(2)17-8-9-21(13-17)12-15-6-4-3-5-7-15/h3-7,14,16-17,19H,8-13H2,1-2H3. The summed E-state index contributed by atoms with van der Waals surface area (Å²) in [6.45, 7) is 7.13. The fraction of sp³-hybridized carbons (Fsp3) is 0.611. The fourth-order valence-electron chi connectivity index (χ4n) is 3.48. The molecule has 0 radical (unpaired) electrons. The monoisotopic (exact) mass is 301 g/mol. The summed E-state index contributed by atoms with van der Waals surface area (Å²) in [4.78, 5) is 17.1. The highest BCUT2D eigenvalue weighted by atomic mass is 16.2. The number of rotatable bonds is 5. The molecule has 3 rings (SSSR count). The zero-order valence-corrected chi connectivity index (χ0v) is 13.7.